The van der Waals surface area contributed by atoms with E-state index in [1.165, 1.54) is 18.2 Å². The maximum atomic E-state index is 14.1. The fourth-order valence-corrected chi connectivity index (χ4v) is 4.60. The molecule has 1 fully saturated rings. The Morgan fingerprint density at radius 2 is 1.51 bits per heavy atom. The second-order valence-corrected chi connectivity index (χ2v) is 9.55. The van der Waals surface area contributed by atoms with E-state index >= 15 is 0 Å². The molecule has 0 unspecified atom stereocenters. The lowest BCUT2D eigenvalue weighted by atomic mass is 10.1. The van der Waals surface area contributed by atoms with Crippen molar-refractivity contribution in [1.29, 1.82) is 0 Å². The first-order valence-electron chi connectivity index (χ1n) is 11.1. The summed E-state index contributed by atoms with van der Waals surface area (Å²) in [6.45, 7) is 2.51. The van der Waals surface area contributed by atoms with Crippen LogP contribution in [0.4, 0.5) is 8.78 Å². The normalized spacial score (nSPS) is 15.3. The third kappa shape index (κ3) is 6.51. The molecular formula is C26H23Cl3F2N2O2. The van der Waals surface area contributed by atoms with Crippen LogP contribution in [0.1, 0.15) is 27.6 Å². The molecule has 4 rings (SSSR count). The fraction of sp³-hybridized carbons (Fsp3) is 0.269. The largest absolute Gasteiger partial charge is 0.367 e. The van der Waals surface area contributed by atoms with Crippen LogP contribution in [0.15, 0.2) is 60.7 Å². The number of hydrogen-bond donors (Lipinski definition) is 0. The molecule has 0 aliphatic carbocycles. The van der Waals surface area contributed by atoms with Crippen LogP contribution < -0.4 is 0 Å². The monoisotopic (exact) mass is 538 g/mol. The van der Waals surface area contributed by atoms with E-state index in [2.05, 4.69) is 4.90 Å². The molecule has 35 heavy (non-hydrogen) atoms. The summed E-state index contributed by atoms with van der Waals surface area (Å²) in [7, 11) is 0. The molecule has 1 amide bonds. The molecule has 1 atom stereocenters. The summed E-state index contributed by atoms with van der Waals surface area (Å²) in [6, 6.07) is 15.8. The van der Waals surface area contributed by atoms with E-state index < -0.39 is 17.7 Å². The number of carbonyl (C=O) groups excluding carboxylic acids is 1. The van der Waals surface area contributed by atoms with E-state index in [9.17, 15) is 13.6 Å². The van der Waals surface area contributed by atoms with Crippen molar-refractivity contribution in [3.05, 3.63) is 104 Å². The lowest BCUT2D eigenvalue weighted by Gasteiger charge is -2.36. The molecule has 0 aromatic heterocycles. The minimum absolute atomic E-state index is 0.110. The Balaban J connectivity index is 1.42. The van der Waals surface area contributed by atoms with E-state index in [-0.39, 0.29) is 18.1 Å². The molecule has 3 aromatic rings. The number of piperazine rings is 1. The van der Waals surface area contributed by atoms with Gasteiger partial charge in [0.2, 0.25) is 0 Å². The Bertz CT molecular complexity index is 1170. The topological polar surface area (TPSA) is 32.8 Å². The molecule has 1 saturated heterocycles. The number of hydrogen-bond acceptors (Lipinski definition) is 3. The van der Waals surface area contributed by atoms with Gasteiger partial charge in [-0.25, -0.2) is 8.78 Å². The van der Waals surface area contributed by atoms with Crippen LogP contribution in [0.25, 0.3) is 0 Å². The van der Waals surface area contributed by atoms with Gasteiger partial charge in [0.1, 0.15) is 11.6 Å². The Kier molecular flexibility index (Phi) is 8.63. The predicted octanol–water partition coefficient (Wildman–Crippen LogP) is 6.64. The summed E-state index contributed by atoms with van der Waals surface area (Å²) in [5.41, 5.74) is 1.15. The molecule has 3 aromatic carbocycles. The number of halogens is 5. The summed E-state index contributed by atoms with van der Waals surface area (Å²) < 4.78 is 34.3. The number of benzene rings is 3. The van der Waals surface area contributed by atoms with Crippen molar-refractivity contribution >= 4 is 40.7 Å². The highest BCUT2D eigenvalue weighted by atomic mass is 35.5. The van der Waals surface area contributed by atoms with Crippen LogP contribution in [0.5, 0.6) is 0 Å². The highest BCUT2D eigenvalue weighted by Crippen LogP contribution is 2.26. The van der Waals surface area contributed by atoms with Gasteiger partial charge in [0.25, 0.3) is 5.91 Å². The van der Waals surface area contributed by atoms with E-state index in [0.717, 1.165) is 5.56 Å². The smallest absolute Gasteiger partial charge is 0.255 e. The number of carbonyl (C=O) groups is 1. The van der Waals surface area contributed by atoms with Gasteiger partial charge in [-0.05, 0) is 48.0 Å². The van der Waals surface area contributed by atoms with Crippen LogP contribution >= 0.6 is 34.8 Å². The average Bonchev–Trinajstić information content (AvgIpc) is 2.83. The Labute approximate surface area is 217 Å². The Morgan fingerprint density at radius 1 is 0.886 bits per heavy atom. The molecule has 4 nitrogen and oxygen atoms in total. The van der Waals surface area contributed by atoms with Crippen LogP contribution in [0.2, 0.25) is 15.1 Å². The SMILES string of the molecule is O=C(c1ccc(Cl)cc1Cl)N1CCN(C[C@@H](OCc2c(F)cccc2F)c2ccc(Cl)cc2)CC1. The summed E-state index contributed by atoms with van der Waals surface area (Å²) >= 11 is 18.2. The average molecular weight is 540 g/mol. The summed E-state index contributed by atoms with van der Waals surface area (Å²) in [5.74, 6) is -1.44. The van der Waals surface area contributed by atoms with Crippen LogP contribution in [-0.4, -0.2) is 48.4 Å². The first-order valence-corrected chi connectivity index (χ1v) is 12.2. The van der Waals surface area contributed by atoms with Crippen molar-refractivity contribution in [3.63, 3.8) is 0 Å². The zero-order valence-corrected chi connectivity index (χ0v) is 21.0. The van der Waals surface area contributed by atoms with E-state index in [0.29, 0.717) is 53.4 Å². The number of nitrogens with zero attached hydrogens (tertiary/aromatic N) is 2. The van der Waals surface area contributed by atoms with Gasteiger partial charge < -0.3 is 9.64 Å². The second kappa shape index (κ2) is 11.7. The molecule has 1 heterocycles. The Morgan fingerprint density at radius 3 is 2.14 bits per heavy atom. The molecule has 0 bridgehead atoms. The first-order chi connectivity index (χ1) is 16.8. The molecular weight excluding hydrogens is 517 g/mol. The molecule has 0 N–H and O–H groups in total. The fourth-order valence-electron chi connectivity index (χ4n) is 3.99. The zero-order valence-electron chi connectivity index (χ0n) is 18.7. The highest BCUT2D eigenvalue weighted by Gasteiger charge is 2.26. The summed E-state index contributed by atoms with van der Waals surface area (Å²) in [5, 5.41) is 1.38. The van der Waals surface area contributed by atoms with Crippen molar-refractivity contribution in [2.75, 3.05) is 32.7 Å². The minimum atomic E-state index is -0.646. The lowest BCUT2D eigenvalue weighted by molar-refractivity contribution is 0.00145. The maximum Gasteiger partial charge on any atom is 0.255 e. The highest BCUT2D eigenvalue weighted by molar-refractivity contribution is 6.36. The predicted molar refractivity (Wildman–Crippen MR) is 134 cm³/mol. The van der Waals surface area contributed by atoms with Crippen LogP contribution in [0.3, 0.4) is 0 Å². The van der Waals surface area contributed by atoms with Gasteiger partial charge in [-0.1, -0.05) is 53.0 Å². The van der Waals surface area contributed by atoms with Crippen molar-refractivity contribution in [2.24, 2.45) is 0 Å². The van der Waals surface area contributed by atoms with Gasteiger partial charge in [0, 0.05) is 48.3 Å². The van der Waals surface area contributed by atoms with Gasteiger partial charge in [-0.15, -0.1) is 0 Å². The molecule has 9 heteroatoms. The molecule has 0 saturated carbocycles. The third-order valence-corrected chi connectivity index (χ3v) is 6.78. The van der Waals surface area contributed by atoms with Gasteiger partial charge in [0.15, 0.2) is 0 Å². The van der Waals surface area contributed by atoms with Gasteiger partial charge >= 0.3 is 0 Å². The molecule has 0 spiro atoms. The molecule has 1 aliphatic rings. The van der Waals surface area contributed by atoms with E-state index in [1.54, 1.807) is 35.2 Å². The molecule has 1 aliphatic heterocycles. The minimum Gasteiger partial charge on any atom is -0.367 e. The van der Waals surface area contributed by atoms with Gasteiger partial charge in [0.05, 0.1) is 23.3 Å². The van der Waals surface area contributed by atoms with Crippen molar-refractivity contribution < 1.29 is 18.3 Å². The van der Waals surface area contributed by atoms with Crippen molar-refractivity contribution in [3.8, 4) is 0 Å². The molecule has 0 radical (unpaired) electrons. The van der Waals surface area contributed by atoms with Crippen molar-refractivity contribution in [1.82, 2.24) is 9.80 Å². The molecule has 184 valence electrons. The van der Waals surface area contributed by atoms with Crippen LogP contribution in [0, 0.1) is 11.6 Å². The first kappa shape index (κ1) is 25.9. The van der Waals surface area contributed by atoms with Crippen LogP contribution in [-0.2, 0) is 11.3 Å². The van der Waals surface area contributed by atoms with Gasteiger partial charge in [-0.3, -0.25) is 9.69 Å². The standard InChI is InChI=1S/C26H23Cl3F2N2O2/c27-18-6-4-17(5-7-18)25(35-16-21-23(30)2-1-3-24(21)31)15-32-10-12-33(13-11-32)26(34)20-9-8-19(28)14-22(20)29/h1-9,14,25H,10-13,15-16H2/t25-/m1/s1. The number of ether oxygens (including phenoxy) is 1. The quantitative estimate of drug-likeness (QED) is 0.337. The lowest BCUT2D eigenvalue weighted by Crippen LogP contribution is -2.49. The van der Waals surface area contributed by atoms with Gasteiger partial charge in [-0.2, -0.15) is 0 Å². The Hall–Kier alpha value is -2.22. The number of rotatable bonds is 7. The zero-order chi connectivity index (χ0) is 24.9. The summed E-state index contributed by atoms with van der Waals surface area (Å²) in [6.07, 6.45) is -0.445. The second-order valence-electron chi connectivity index (χ2n) is 8.27. The maximum absolute atomic E-state index is 14.1. The van der Waals surface area contributed by atoms with E-state index in [1.807, 2.05) is 12.1 Å². The summed E-state index contributed by atoms with van der Waals surface area (Å²) in [4.78, 5) is 16.8. The number of amides is 1. The third-order valence-electron chi connectivity index (χ3n) is 5.98. The van der Waals surface area contributed by atoms with Crippen molar-refractivity contribution in [2.45, 2.75) is 12.7 Å². The van der Waals surface area contributed by atoms with E-state index in [4.69, 9.17) is 39.5 Å².